The Labute approximate surface area is 148 Å². The van der Waals surface area contributed by atoms with E-state index >= 15 is 0 Å². The second kappa shape index (κ2) is 7.15. The number of imidazole rings is 1. The molecule has 0 spiro atoms. The molecule has 2 N–H and O–H groups in total. The Hall–Kier alpha value is -2.18. The first kappa shape index (κ1) is 16.7. The lowest BCUT2D eigenvalue weighted by atomic mass is 10.3. The minimum absolute atomic E-state index is 0.123. The van der Waals surface area contributed by atoms with E-state index in [1.54, 1.807) is 25.3 Å². The molecule has 0 bridgehead atoms. The number of ether oxygens (including phenoxy) is 1. The van der Waals surface area contributed by atoms with Gasteiger partial charge >= 0.3 is 0 Å². The lowest BCUT2D eigenvalue weighted by Crippen LogP contribution is -2.22. The predicted octanol–water partition coefficient (Wildman–Crippen LogP) is 4.34. The SMILES string of the molecule is COc1ccc(NC(=O)C(C)Sc2nc3ccccc3[nH]2)cc1Cl. The van der Waals surface area contributed by atoms with Crippen molar-refractivity contribution >= 4 is 46.0 Å². The summed E-state index contributed by atoms with van der Waals surface area (Å²) in [4.78, 5) is 20.0. The van der Waals surface area contributed by atoms with E-state index in [1.165, 1.54) is 11.8 Å². The summed E-state index contributed by atoms with van der Waals surface area (Å²) in [6.45, 7) is 1.83. The summed E-state index contributed by atoms with van der Waals surface area (Å²) in [7, 11) is 1.55. The van der Waals surface area contributed by atoms with Crippen LogP contribution < -0.4 is 10.1 Å². The molecule has 0 aliphatic rings. The lowest BCUT2D eigenvalue weighted by Gasteiger charge is -2.11. The Balaban J connectivity index is 1.67. The van der Waals surface area contributed by atoms with Crippen LogP contribution in [0.5, 0.6) is 5.75 Å². The van der Waals surface area contributed by atoms with Gasteiger partial charge in [0.05, 0.1) is 28.4 Å². The number of benzene rings is 2. The Morgan fingerprint density at radius 3 is 2.83 bits per heavy atom. The second-order valence-electron chi connectivity index (χ2n) is 5.16. The number of carbonyl (C=O) groups excluding carboxylic acids is 1. The van der Waals surface area contributed by atoms with E-state index in [1.807, 2.05) is 31.2 Å². The quantitative estimate of drug-likeness (QED) is 0.663. The van der Waals surface area contributed by atoms with Crippen LogP contribution in [0.4, 0.5) is 5.69 Å². The number of aromatic amines is 1. The molecule has 0 saturated heterocycles. The van der Waals surface area contributed by atoms with E-state index in [0.29, 0.717) is 21.6 Å². The molecule has 3 rings (SSSR count). The minimum Gasteiger partial charge on any atom is -0.495 e. The molecular formula is C17H16ClN3O2S. The van der Waals surface area contributed by atoms with Crippen LogP contribution in [0.1, 0.15) is 6.92 Å². The van der Waals surface area contributed by atoms with Crippen molar-refractivity contribution in [1.29, 1.82) is 0 Å². The summed E-state index contributed by atoms with van der Waals surface area (Å²) in [5, 5.41) is 3.70. The van der Waals surface area contributed by atoms with Crippen molar-refractivity contribution < 1.29 is 9.53 Å². The Morgan fingerprint density at radius 1 is 1.33 bits per heavy atom. The van der Waals surface area contributed by atoms with Crippen LogP contribution in [-0.2, 0) is 4.79 Å². The maximum absolute atomic E-state index is 12.3. The number of fused-ring (bicyclic) bond motifs is 1. The van der Waals surface area contributed by atoms with Gasteiger partial charge in [-0.2, -0.15) is 0 Å². The first-order valence-corrected chi connectivity index (χ1v) is 8.58. The zero-order chi connectivity index (χ0) is 17.1. The number of hydrogen-bond acceptors (Lipinski definition) is 4. The van der Waals surface area contributed by atoms with E-state index in [-0.39, 0.29) is 11.2 Å². The van der Waals surface area contributed by atoms with Gasteiger partial charge in [-0.25, -0.2) is 4.98 Å². The molecule has 0 radical (unpaired) electrons. The summed E-state index contributed by atoms with van der Waals surface area (Å²) in [5.41, 5.74) is 2.46. The fraction of sp³-hybridized carbons (Fsp3) is 0.176. The molecule has 0 saturated carbocycles. The van der Waals surface area contributed by atoms with Crippen LogP contribution in [0.3, 0.4) is 0 Å². The first-order valence-electron chi connectivity index (χ1n) is 7.32. The van der Waals surface area contributed by atoms with Crippen molar-refractivity contribution in [3.8, 4) is 5.75 Å². The summed E-state index contributed by atoms with van der Waals surface area (Å²) < 4.78 is 5.10. The average molecular weight is 362 g/mol. The van der Waals surface area contributed by atoms with Gasteiger partial charge in [-0.15, -0.1) is 0 Å². The summed E-state index contributed by atoms with van der Waals surface area (Å²) in [6, 6.07) is 12.9. The van der Waals surface area contributed by atoms with Gasteiger partial charge in [0.2, 0.25) is 5.91 Å². The zero-order valence-corrected chi connectivity index (χ0v) is 14.7. The molecule has 7 heteroatoms. The van der Waals surface area contributed by atoms with Crippen molar-refractivity contribution in [2.75, 3.05) is 12.4 Å². The minimum atomic E-state index is -0.313. The van der Waals surface area contributed by atoms with Gasteiger partial charge in [-0.1, -0.05) is 35.5 Å². The number of nitrogens with one attached hydrogen (secondary N) is 2. The predicted molar refractivity (Wildman–Crippen MR) is 98.0 cm³/mol. The van der Waals surface area contributed by atoms with Crippen LogP contribution in [0.2, 0.25) is 5.02 Å². The number of rotatable bonds is 5. The molecule has 0 aliphatic heterocycles. The molecule has 2 aromatic carbocycles. The number of thioether (sulfide) groups is 1. The van der Waals surface area contributed by atoms with E-state index in [2.05, 4.69) is 15.3 Å². The number of H-pyrrole nitrogens is 1. The molecule has 0 fully saturated rings. The van der Waals surface area contributed by atoms with E-state index in [0.717, 1.165) is 11.0 Å². The topological polar surface area (TPSA) is 67.0 Å². The largest absolute Gasteiger partial charge is 0.495 e. The van der Waals surface area contributed by atoms with Crippen LogP contribution in [0.25, 0.3) is 11.0 Å². The Bertz CT molecular complexity index is 848. The number of para-hydroxylation sites is 2. The second-order valence-corrected chi connectivity index (χ2v) is 6.89. The van der Waals surface area contributed by atoms with Crippen molar-refractivity contribution in [1.82, 2.24) is 9.97 Å². The van der Waals surface area contributed by atoms with Crippen LogP contribution >= 0.6 is 23.4 Å². The van der Waals surface area contributed by atoms with Gasteiger partial charge < -0.3 is 15.0 Å². The highest BCUT2D eigenvalue weighted by Crippen LogP contribution is 2.28. The van der Waals surface area contributed by atoms with Crippen molar-refractivity contribution in [3.05, 3.63) is 47.5 Å². The van der Waals surface area contributed by atoms with Crippen LogP contribution in [0.15, 0.2) is 47.6 Å². The van der Waals surface area contributed by atoms with Crippen molar-refractivity contribution in [2.45, 2.75) is 17.3 Å². The van der Waals surface area contributed by atoms with Crippen molar-refractivity contribution in [2.24, 2.45) is 0 Å². The summed E-state index contributed by atoms with van der Waals surface area (Å²) in [5.74, 6) is 0.445. The standard InChI is InChI=1S/C17H16ClN3O2S/c1-10(24-17-20-13-5-3-4-6-14(13)21-17)16(22)19-11-7-8-15(23-2)12(18)9-11/h3-10H,1-2H3,(H,19,22)(H,20,21). The lowest BCUT2D eigenvalue weighted by molar-refractivity contribution is -0.115. The highest BCUT2D eigenvalue weighted by atomic mass is 35.5. The van der Waals surface area contributed by atoms with Gasteiger partial charge in [-0.05, 0) is 37.3 Å². The molecule has 1 heterocycles. The highest BCUT2D eigenvalue weighted by molar-refractivity contribution is 8.00. The van der Waals surface area contributed by atoms with E-state index < -0.39 is 0 Å². The highest BCUT2D eigenvalue weighted by Gasteiger charge is 2.17. The number of hydrogen-bond donors (Lipinski definition) is 2. The van der Waals surface area contributed by atoms with Crippen LogP contribution in [-0.4, -0.2) is 28.2 Å². The van der Waals surface area contributed by atoms with Gasteiger partial charge in [-0.3, -0.25) is 4.79 Å². The Kier molecular flexibility index (Phi) is 4.97. The van der Waals surface area contributed by atoms with Crippen LogP contribution in [0, 0.1) is 0 Å². The zero-order valence-electron chi connectivity index (χ0n) is 13.2. The van der Waals surface area contributed by atoms with Gasteiger partial charge in [0.1, 0.15) is 5.75 Å². The molecule has 0 aliphatic carbocycles. The number of anilines is 1. The maximum Gasteiger partial charge on any atom is 0.237 e. The van der Waals surface area contributed by atoms with Gasteiger partial charge in [0.25, 0.3) is 0 Å². The number of nitrogens with zero attached hydrogens (tertiary/aromatic N) is 1. The molecule has 124 valence electrons. The molecule has 1 atom stereocenters. The number of methoxy groups -OCH3 is 1. The number of carbonyl (C=O) groups is 1. The molecule has 3 aromatic rings. The Morgan fingerprint density at radius 2 is 2.12 bits per heavy atom. The third-order valence-electron chi connectivity index (χ3n) is 3.44. The van der Waals surface area contributed by atoms with E-state index in [9.17, 15) is 4.79 Å². The molecule has 1 amide bonds. The molecule has 24 heavy (non-hydrogen) atoms. The number of aromatic nitrogens is 2. The van der Waals surface area contributed by atoms with E-state index in [4.69, 9.17) is 16.3 Å². The molecule has 1 unspecified atom stereocenters. The molecule has 1 aromatic heterocycles. The molecule has 5 nitrogen and oxygen atoms in total. The average Bonchev–Trinajstić information content (AvgIpc) is 2.97. The first-order chi connectivity index (χ1) is 11.6. The maximum atomic E-state index is 12.3. The summed E-state index contributed by atoms with van der Waals surface area (Å²) >= 11 is 7.44. The molecular weight excluding hydrogens is 346 g/mol. The normalized spacial score (nSPS) is 12.1. The monoisotopic (exact) mass is 361 g/mol. The third kappa shape index (κ3) is 3.66. The van der Waals surface area contributed by atoms with Gasteiger partial charge in [0, 0.05) is 5.69 Å². The number of halogens is 1. The van der Waals surface area contributed by atoms with Crippen molar-refractivity contribution in [3.63, 3.8) is 0 Å². The van der Waals surface area contributed by atoms with Gasteiger partial charge in [0.15, 0.2) is 5.16 Å². The third-order valence-corrected chi connectivity index (χ3v) is 4.72. The summed E-state index contributed by atoms with van der Waals surface area (Å²) in [6.07, 6.45) is 0. The fourth-order valence-electron chi connectivity index (χ4n) is 2.19. The fourth-order valence-corrected chi connectivity index (χ4v) is 3.27. The number of amides is 1. The smallest absolute Gasteiger partial charge is 0.237 e.